The van der Waals surface area contributed by atoms with Crippen molar-refractivity contribution in [3.63, 3.8) is 0 Å². The van der Waals surface area contributed by atoms with E-state index in [1.165, 1.54) is 6.42 Å². The first-order chi connectivity index (χ1) is 14.8. The molecule has 0 saturated carbocycles. The van der Waals surface area contributed by atoms with Crippen LogP contribution in [0.25, 0.3) is 34.2 Å². The number of hydrogen-bond acceptors (Lipinski definition) is 3. The molecule has 150 valence electrons. The number of aromatic nitrogens is 2. The molecule has 0 unspecified atom stereocenters. The van der Waals surface area contributed by atoms with E-state index < -0.39 is 0 Å². The van der Waals surface area contributed by atoms with Crippen LogP contribution >= 0.6 is 0 Å². The summed E-state index contributed by atoms with van der Waals surface area (Å²) in [6.07, 6.45) is 8.81. The van der Waals surface area contributed by atoms with Crippen molar-refractivity contribution in [2.75, 3.05) is 13.1 Å². The number of furan rings is 1. The summed E-state index contributed by atoms with van der Waals surface area (Å²) in [6.45, 7) is 1.67. The molecule has 0 radical (unpaired) electrons. The van der Waals surface area contributed by atoms with E-state index in [1.807, 2.05) is 82.5 Å². The number of fused-ring (bicyclic) bond motifs is 1. The quantitative estimate of drug-likeness (QED) is 0.439. The van der Waals surface area contributed by atoms with Crippen LogP contribution in [0, 0.1) is 0 Å². The molecule has 3 heterocycles. The predicted molar refractivity (Wildman–Crippen MR) is 118 cm³/mol. The summed E-state index contributed by atoms with van der Waals surface area (Å²) in [5.41, 5.74) is 3.35. The Morgan fingerprint density at radius 1 is 0.967 bits per heavy atom. The van der Waals surface area contributed by atoms with E-state index in [1.54, 1.807) is 6.08 Å². The molecule has 1 fully saturated rings. The van der Waals surface area contributed by atoms with Gasteiger partial charge in [0, 0.05) is 36.3 Å². The molecule has 2 aromatic carbocycles. The Balaban J connectivity index is 1.53. The van der Waals surface area contributed by atoms with E-state index in [2.05, 4.69) is 0 Å². The first-order valence-electron chi connectivity index (χ1n) is 10.4. The van der Waals surface area contributed by atoms with E-state index in [0.29, 0.717) is 5.76 Å². The lowest BCUT2D eigenvalue weighted by molar-refractivity contribution is -0.126. The van der Waals surface area contributed by atoms with Crippen molar-refractivity contribution in [3.8, 4) is 17.1 Å². The fraction of sp³-hybridized carbons (Fsp3) is 0.200. The van der Waals surface area contributed by atoms with Gasteiger partial charge in [-0.3, -0.25) is 4.79 Å². The maximum absolute atomic E-state index is 12.6. The summed E-state index contributed by atoms with van der Waals surface area (Å²) >= 11 is 0. The number of rotatable bonds is 4. The Hall–Kier alpha value is -3.60. The Labute approximate surface area is 175 Å². The SMILES string of the molecule is O=C(/C=C\c1cn(-c2ccccc2)nc1-c1cc2ccccc2o1)N1CCCCC1. The molecule has 30 heavy (non-hydrogen) atoms. The maximum Gasteiger partial charge on any atom is 0.246 e. The molecule has 2 aromatic heterocycles. The standard InChI is InChI=1S/C25H23N3O2/c29-24(27-15-7-2-8-16-27)14-13-20-18-28(21-10-3-1-4-11-21)26-25(20)23-17-19-9-5-6-12-22(19)30-23/h1,3-6,9-14,17-18H,2,7-8,15-16H2/b14-13-. The molecule has 4 aromatic rings. The molecule has 5 rings (SSSR count). The van der Waals surface area contributed by atoms with Gasteiger partial charge < -0.3 is 9.32 Å². The van der Waals surface area contributed by atoms with Gasteiger partial charge in [0.2, 0.25) is 5.91 Å². The highest BCUT2D eigenvalue weighted by atomic mass is 16.3. The average Bonchev–Trinajstić information content (AvgIpc) is 3.43. The molecule has 1 amide bonds. The van der Waals surface area contributed by atoms with Crippen LogP contribution in [0.4, 0.5) is 0 Å². The molecule has 0 aliphatic carbocycles. The molecule has 0 spiro atoms. The zero-order chi connectivity index (χ0) is 20.3. The largest absolute Gasteiger partial charge is 0.454 e. The lowest BCUT2D eigenvalue weighted by atomic mass is 10.1. The number of likely N-dealkylation sites (tertiary alicyclic amines) is 1. The van der Waals surface area contributed by atoms with Crippen LogP contribution in [0.3, 0.4) is 0 Å². The van der Waals surface area contributed by atoms with Crippen molar-refractivity contribution in [2.24, 2.45) is 0 Å². The average molecular weight is 397 g/mol. The van der Waals surface area contributed by atoms with Gasteiger partial charge in [-0.2, -0.15) is 5.10 Å². The minimum atomic E-state index is 0.0534. The highest BCUT2D eigenvalue weighted by Gasteiger charge is 2.17. The first-order valence-corrected chi connectivity index (χ1v) is 10.4. The van der Waals surface area contributed by atoms with E-state index >= 15 is 0 Å². The fourth-order valence-corrected chi connectivity index (χ4v) is 3.89. The van der Waals surface area contributed by atoms with Crippen molar-refractivity contribution in [2.45, 2.75) is 19.3 Å². The van der Waals surface area contributed by atoms with Crippen LogP contribution in [0.1, 0.15) is 24.8 Å². The normalized spacial score (nSPS) is 14.6. The highest BCUT2D eigenvalue weighted by Crippen LogP contribution is 2.30. The van der Waals surface area contributed by atoms with Crippen LogP contribution in [0.5, 0.6) is 0 Å². The Kier molecular flexibility index (Phi) is 4.93. The number of amides is 1. The minimum Gasteiger partial charge on any atom is -0.454 e. The first kappa shape index (κ1) is 18.4. The van der Waals surface area contributed by atoms with Gasteiger partial charge in [0.1, 0.15) is 11.3 Å². The molecule has 1 aliphatic rings. The zero-order valence-corrected chi connectivity index (χ0v) is 16.7. The molecule has 0 bridgehead atoms. The summed E-state index contributed by atoms with van der Waals surface area (Å²) < 4.78 is 7.89. The fourth-order valence-electron chi connectivity index (χ4n) is 3.89. The van der Waals surface area contributed by atoms with Gasteiger partial charge >= 0.3 is 0 Å². The van der Waals surface area contributed by atoms with Gasteiger partial charge in [-0.25, -0.2) is 4.68 Å². The number of carbonyl (C=O) groups is 1. The topological polar surface area (TPSA) is 51.3 Å². The summed E-state index contributed by atoms with van der Waals surface area (Å²) in [6, 6.07) is 19.8. The monoisotopic (exact) mass is 397 g/mol. The van der Waals surface area contributed by atoms with Gasteiger partial charge in [-0.1, -0.05) is 36.4 Å². The number of carbonyl (C=O) groups excluding carboxylic acids is 1. The van der Waals surface area contributed by atoms with Crippen LogP contribution in [0.15, 0.2) is 77.4 Å². The Morgan fingerprint density at radius 2 is 1.73 bits per heavy atom. The highest BCUT2D eigenvalue weighted by molar-refractivity contribution is 5.93. The van der Waals surface area contributed by atoms with Crippen molar-refractivity contribution >= 4 is 23.0 Å². The molecule has 1 aliphatic heterocycles. The number of hydrogen-bond donors (Lipinski definition) is 0. The molecular weight excluding hydrogens is 374 g/mol. The summed E-state index contributed by atoms with van der Waals surface area (Å²) in [7, 11) is 0. The number of piperidine rings is 1. The zero-order valence-electron chi connectivity index (χ0n) is 16.7. The van der Waals surface area contributed by atoms with Crippen molar-refractivity contribution in [1.82, 2.24) is 14.7 Å². The lowest BCUT2D eigenvalue weighted by Crippen LogP contribution is -2.34. The van der Waals surface area contributed by atoms with Crippen molar-refractivity contribution < 1.29 is 9.21 Å². The van der Waals surface area contributed by atoms with Crippen molar-refractivity contribution in [1.29, 1.82) is 0 Å². The van der Waals surface area contributed by atoms with Gasteiger partial charge in [0.25, 0.3) is 0 Å². The predicted octanol–water partition coefficient (Wildman–Crippen LogP) is 5.31. The van der Waals surface area contributed by atoms with Crippen LogP contribution < -0.4 is 0 Å². The maximum atomic E-state index is 12.6. The molecule has 1 saturated heterocycles. The second kappa shape index (κ2) is 8.03. The van der Waals surface area contributed by atoms with Gasteiger partial charge in [-0.05, 0) is 49.6 Å². The van der Waals surface area contributed by atoms with E-state index in [-0.39, 0.29) is 5.91 Å². The second-order valence-electron chi connectivity index (χ2n) is 7.58. The molecule has 5 nitrogen and oxygen atoms in total. The lowest BCUT2D eigenvalue weighted by Gasteiger charge is -2.25. The molecule has 5 heteroatoms. The summed E-state index contributed by atoms with van der Waals surface area (Å²) in [5, 5.41) is 5.81. The number of nitrogens with zero attached hydrogens (tertiary/aromatic N) is 3. The van der Waals surface area contributed by atoms with E-state index in [9.17, 15) is 4.79 Å². The molecule has 0 atom stereocenters. The van der Waals surface area contributed by atoms with Gasteiger partial charge in [0.15, 0.2) is 5.76 Å². The third kappa shape index (κ3) is 3.66. The third-order valence-electron chi connectivity index (χ3n) is 5.50. The number of benzene rings is 2. The van der Waals surface area contributed by atoms with Gasteiger partial charge in [-0.15, -0.1) is 0 Å². The Bertz CT molecular complexity index is 1160. The van der Waals surface area contributed by atoms with E-state index in [0.717, 1.165) is 53.8 Å². The van der Waals surface area contributed by atoms with Crippen LogP contribution in [0.2, 0.25) is 0 Å². The second-order valence-corrected chi connectivity index (χ2v) is 7.58. The van der Waals surface area contributed by atoms with Gasteiger partial charge in [0.05, 0.1) is 5.69 Å². The molecular formula is C25H23N3O2. The smallest absolute Gasteiger partial charge is 0.246 e. The third-order valence-corrected chi connectivity index (χ3v) is 5.50. The number of para-hydroxylation sites is 2. The van der Waals surface area contributed by atoms with E-state index in [4.69, 9.17) is 9.52 Å². The van der Waals surface area contributed by atoms with Crippen molar-refractivity contribution in [3.05, 3.63) is 78.5 Å². The summed E-state index contributed by atoms with van der Waals surface area (Å²) in [5.74, 6) is 0.744. The van der Waals surface area contributed by atoms with Crippen LogP contribution in [-0.4, -0.2) is 33.7 Å². The summed E-state index contributed by atoms with van der Waals surface area (Å²) in [4.78, 5) is 14.5. The molecule has 0 N–H and O–H groups in total. The van der Waals surface area contributed by atoms with Crippen LogP contribution in [-0.2, 0) is 4.79 Å². The minimum absolute atomic E-state index is 0.0534. The Morgan fingerprint density at radius 3 is 2.53 bits per heavy atom.